The van der Waals surface area contributed by atoms with Crippen molar-refractivity contribution in [3.63, 3.8) is 0 Å². The largest absolute Gasteiger partial charge is 0.333 e. The molecule has 6 heteroatoms. The fourth-order valence-corrected chi connectivity index (χ4v) is 3.75. The molecule has 1 aromatic heterocycles. The molecule has 2 unspecified atom stereocenters. The lowest BCUT2D eigenvalue weighted by atomic mass is 10.2. The number of likely N-dealkylation sites (tertiary alicyclic amines) is 1. The van der Waals surface area contributed by atoms with Gasteiger partial charge in [0.2, 0.25) is 5.91 Å². The number of aromatic nitrogens is 1. The normalized spacial score (nSPS) is 21.4. The Morgan fingerprint density at radius 1 is 1.67 bits per heavy atom. The summed E-state index contributed by atoms with van der Waals surface area (Å²) in [6, 6.07) is 0.00000756. The van der Waals surface area contributed by atoms with Gasteiger partial charge in [-0.05, 0) is 13.8 Å². The van der Waals surface area contributed by atoms with Gasteiger partial charge in [0.1, 0.15) is 0 Å². The smallest absolute Gasteiger partial charge is 0.224 e. The zero-order valence-corrected chi connectivity index (χ0v) is 12.3. The van der Waals surface area contributed by atoms with E-state index >= 15 is 0 Å². The number of nitrogens with zero attached hydrogens (tertiary/aromatic N) is 2. The number of amides is 1. The predicted octanol–water partition coefficient (Wildman–Crippen LogP) is 2.39. The van der Waals surface area contributed by atoms with Crippen LogP contribution in [-0.4, -0.2) is 32.7 Å². The van der Waals surface area contributed by atoms with Crippen molar-refractivity contribution in [2.24, 2.45) is 0 Å². The minimum atomic E-state index is 0.00000756. The molecule has 2 heterocycles. The molecule has 0 aliphatic carbocycles. The molecule has 1 aliphatic rings. The van der Waals surface area contributed by atoms with E-state index in [0.29, 0.717) is 13.0 Å². The van der Waals surface area contributed by atoms with Crippen LogP contribution in [0.25, 0.3) is 0 Å². The summed E-state index contributed by atoms with van der Waals surface area (Å²) in [7, 11) is 0. The molecule has 18 heavy (non-hydrogen) atoms. The Bertz CT molecular complexity index is 472. The van der Waals surface area contributed by atoms with Crippen molar-refractivity contribution >= 4 is 34.1 Å². The third-order valence-electron chi connectivity index (χ3n) is 2.99. The van der Waals surface area contributed by atoms with E-state index in [9.17, 15) is 9.59 Å². The fraction of sp³-hybridized carbons (Fsp3) is 0.583. The number of hydrogen-bond acceptors (Lipinski definition) is 5. The summed E-state index contributed by atoms with van der Waals surface area (Å²) in [5.41, 5.74) is 0.944. The SMILES string of the molecule is CC(=O)SC1CC(=O)N(C(C)c2csc(C)n2)C1. The third-order valence-corrected chi connectivity index (χ3v) is 4.76. The van der Waals surface area contributed by atoms with Crippen LogP contribution in [0.1, 0.15) is 37.0 Å². The van der Waals surface area contributed by atoms with E-state index in [-0.39, 0.29) is 22.3 Å². The Kier molecular flexibility index (Phi) is 4.07. The molecule has 1 fully saturated rings. The summed E-state index contributed by atoms with van der Waals surface area (Å²) in [6.45, 7) is 6.14. The maximum atomic E-state index is 12.0. The van der Waals surface area contributed by atoms with Crippen LogP contribution in [0.2, 0.25) is 0 Å². The van der Waals surface area contributed by atoms with Gasteiger partial charge in [-0.15, -0.1) is 11.3 Å². The highest BCUT2D eigenvalue weighted by atomic mass is 32.2. The van der Waals surface area contributed by atoms with Crippen molar-refractivity contribution in [2.45, 2.75) is 38.5 Å². The monoisotopic (exact) mass is 284 g/mol. The number of carbonyl (C=O) groups is 2. The molecule has 0 spiro atoms. The van der Waals surface area contributed by atoms with Crippen LogP contribution in [0.4, 0.5) is 0 Å². The summed E-state index contributed by atoms with van der Waals surface area (Å²) in [5.74, 6) is 0.118. The van der Waals surface area contributed by atoms with E-state index in [0.717, 1.165) is 10.7 Å². The van der Waals surface area contributed by atoms with Gasteiger partial charge >= 0.3 is 0 Å². The molecule has 0 bridgehead atoms. The molecule has 4 nitrogen and oxygen atoms in total. The van der Waals surface area contributed by atoms with Crippen LogP contribution < -0.4 is 0 Å². The average Bonchev–Trinajstić information content (AvgIpc) is 2.83. The summed E-state index contributed by atoms with van der Waals surface area (Å²) >= 11 is 2.86. The number of thiazole rings is 1. The van der Waals surface area contributed by atoms with Gasteiger partial charge in [-0.1, -0.05) is 11.8 Å². The van der Waals surface area contributed by atoms with E-state index in [1.54, 1.807) is 18.3 Å². The zero-order valence-electron chi connectivity index (χ0n) is 10.7. The Morgan fingerprint density at radius 2 is 2.39 bits per heavy atom. The van der Waals surface area contributed by atoms with E-state index < -0.39 is 0 Å². The molecule has 2 rings (SSSR count). The molecule has 1 aromatic rings. The lowest BCUT2D eigenvalue weighted by Crippen LogP contribution is -2.29. The highest BCUT2D eigenvalue weighted by molar-refractivity contribution is 8.14. The maximum Gasteiger partial charge on any atom is 0.224 e. The second kappa shape index (κ2) is 5.40. The maximum absolute atomic E-state index is 12.0. The van der Waals surface area contributed by atoms with Crippen molar-refractivity contribution in [1.82, 2.24) is 9.88 Å². The molecule has 0 aromatic carbocycles. The number of aryl methyl sites for hydroxylation is 1. The second-order valence-corrected chi connectivity index (χ2v) is 6.99. The molecule has 2 atom stereocenters. The van der Waals surface area contributed by atoms with Crippen LogP contribution in [-0.2, 0) is 9.59 Å². The van der Waals surface area contributed by atoms with Gasteiger partial charge < -0.3 is 4.90 Å². The molecule has 1 amide bonds. The van der Waals surface area contributed by atoms with E-state index in [1.165, 1.54) is 11.8 Å². The van der Waals surface area contributed by atoms with Crippen molar-refractivity contribution in [2.75, 3.05) is 6.54 Å². The van der Waals surface area contributed by atoms with E-state index in [4.69, 9.17) is 0 Å². The summed E-state index contributed by atoms with van der Waals surface area (Å²) in [5, 5.41) is 3.18. The van der Waals surface area contributed by atoms with Crippen LogP contribution in [0, 0.1) is 6.92 Å². The van der Waals surface area contributed by atoms with Crippen LogP contribution in [0.3, 0.4) is 0 Å². The van der Waals surface area contributed by atoms with Crippen molar-refractivity contribution in [3.05, 3.63) is 16.1 Å². The number of thioether (sulfide) groups is 1. The highest BCUT2D eigenvalue weighted by Crippen LogP contribution is 2.31. The molecule has 1 aliphatic heterocycles. The Labute approximate surface area is 115 Å². The average molecular weight is 284 g/mol. The first-order chi connectivity index (χ1) is 8.47. The van der Waals surface area contributed by atoms with Gasteiger partial charge in [-0.25, -0.2) is 4.98 Å². The Morgan fingerprint density at radius 3 is 2.94 bits per heavy atom. The molecular weight excluding hydrogens is 268 g/mol. The highest BCUT2D eigenvalue weighted by Gasteiger charge is 2.34. The predicted molar refractivity (Wildman–Crippen MR) is 73.7 cm³/mol. The van der Waals surface area contributed by atoms with Crippen molar-refractivity contribution < 1.29 is 9.59 Å². The van der Waals surface area contributed by atoms with Gasteiger partial charge in [-0.3, -0.25) is 9.59 Å². The van der Waals surface area contributed by atoms with Crippen molar-refractivity contribution in [1.29, 1.82) is 0 Å². The van der Waals surface area contributed by atoms with Gasteiger partial charge in [0.05, 0.1) is 16.7 Å². The number of rotatable bonds is 3. The Balaban J connectivity index is 2.05. The molecule has 0 saturated carbocycles. The minimum Gasteiger partial charge on any atom is -0.333 e. The molecule has 0 N–H and O–H groups in total. The van der Waals surface area contributed by atoms with Gasteiger partial charge in [0.15, 0.2) is 5.12 Å². The fourth-order valence-electron chi connectivity index (χ4n) is 2.12. The third kappa shape index (κ3) is 2.92. The van der Waals surface area contributed by atoms with Crippen LogP contribution in [0.5, 0.6) is 0 Å². The minimum absolute atomic E-state index is 0.00000756. The quantitative estimate of drug-likeness (QED) is 0.855. The second-order valence-electron chi connectivity index (χ2n) is 4.45. The first-order valence-electron chi connectivity index (χ1n) is 5.86. The summed E-state index contributed by atoms with van der Waals surface area (Å²) in [6.07, 6.45) is 0.456. The van der Waals surface area contributed by atoms with Crippen LogP contribution in [0.15, 0.2) is 5.38 Å². The lowest BCUT2D eigenvalue weighted by Gasteiger charge is -2.23. The van der Waals surface area contributed by atoms with Gasteiger partial charge in [-0.2, -0.15) is 0 Å². The molecule has 98 valence electrons. The molecule has 1 saturated heterocycles. The Hall–Kier alpha value is -0.880. The van der Waals surface area contributed by atoms with E-state index in [1.807, 2.05) is 24.1 Å². The van der Waals surface area contributed by atoms with Crippen molar-refractivity contribution in [3.8, 4) is 0 Å². The topological polar surface area (TPSA) is 50.3 Å². The number of carbonyl (C=O) groups excluding carboxylic acids is 2. The van der Waals surface area contributed by atoms with Gasteiger partial charge in [0, 0.05) is 30.5 Å². The zero-order chi connectivity index (χ0) is 13.3. The first kappa shape index (κ1) is 13.5. The molecule has 0 radical (unpaired) electrons. The van der Waals surface area contributed by atoms with Crippen LogP contribution >= 0.6 is 23.1 Å². The van der Waals surface area contributed by atoms with Gasteiger partial charge in [0.25, 0.3) is 0 Å². The van der Waals surface area contributed by atoms with E-state index in [2.05, 4.69) is 4.98 Å². The molecular formula is C12H16N2O2S2. The summed E-state index contributed by atoms with van der Waals surface area (Å²) < 4.78 is 0. The number of hydrogen-bond donors (Lipinski definition) is 0. The lowest BCUT2D eigenvalue weighted by molar-refractivity contribution is -0.129. The first-order valence-corrected chi connectivity index (χ1v) is 7.62. The standard InChI is InChI=1S/C12H16N2O2S2/c1-7(11-6-17-8(2)13-11)14-5-10(4-12(14)16)18-9(3)15/h6-7,10H,4-5H2,1-3H3. The summed E-state index contributed by atoms with van der Waals surface area (Å²) in [4.78, 5) is 29.3.